The molecule has 0 radical (unpaired) electrons. The molecule has 1 aliphatic heterocycles. The fraction of sp³-hybridized carbons (Fsp3) is 0.304. The minimum absolute atomic E-state index is 0.0579. The van der Waals surface area contributed by atoms with Crippen molar-refractivity contribution >= 4 is 33.0 Å². The Morgan fingerprint density at radius 3 is 2.13 bits per heavy atom. The minimum Gasteiger partial charge on any atom is -0.453 e. The molecule has 2 N–H and O–H groups in total. The van der Waals surface area contributed by atoms with Crippen LogP contribution in [0.5, 0.6) is 0 Å². The van der Waals surface area contributed by atoms with Crippen LogP contribution in [0.1, 0.15) is 77.6 Å². The number of carbonyl (C=O) groups is 1. The molecule has 320 valence electrons. The van der Waals surface area contributed by atoms with Crippen LogP contribution in [0.15, 0.2) is 134 Å². The molecule has 0 bridgehead atoms. The van der Waals surface area contributed by atoms with Crippen molar-refractivity contribution in [1.82, 2.24) is 39.2 Å². The number of fused-ring (bicyclic) bond motifs is 1. The van der Waals surface area contributed by atoms with Crippen LogP contribution in [0.4, 0.5) is 5.82 Å². The van der Waals surface area contributed by atoms with Crippen LogP contribution >= 0.6 is 0 Å². The van der Waals surface area contributed by atoms with E-state index in [4.69, 9.17) is 29.2 Å². The van der Waals surface area contributed by atoms with Crippen LogP contribution in [0.25, 0.3) is 11.2 Å². The fourth-order valence-corrected chi connectivity index (χ4v) is 8.90. The number of rotatable bonds is 18. The summed E-state index contributed by atoms with van der Waals surface area (Å²) in [5.74, 6) is -0.170. The number of nitrogens with zero attached hydrogens (tertiary/aromatic N) is 7. The average Bonchev–Trinajstić information content (AvgIpc) is 4.03. The highest BCUT2D eigenvalue weighted by Crippen LogP contribution is 2.43. The zero-order valence-electron chi connectivity index (χ0n) is 34.7. The van der Waals surface area contributed by atoms with Gasteiger partial charge in [-0.1, -0.05) is 128 Å². The maximum atomic E-state index is 13.8. The van der Waals surface area contributed by atoms with Crippen molar-refractivity contribution in [3.8, 4) is 0 Å². The summed E-state index contributed by atoms with van der Waals surface area (Å²) in [4.78, 5) is 28.4. The minimum atomic E-state index is -3.66. The van der Waals surface area contributed by atoms with E-state index in [-0.39, 0.29) is 36.6 Å². The smallest absolute Gasteiger partial charge is 0.338 e. The molecule has 1 aliphatic rings. The molecule has 3 aromatic heterocycles. The maximum absolute atomic E-state index is 13.8. The summed E-state index contributed by atoms with van der Waals surface area (Å²) in [6.07, 6.45) is -0.451. The van der Waals surface area contributed by atoms with Crippen LogP contribution in [-0.2, 0) is 43.9 Å². The van der Waals surface area contributed by atoms with Gasteiger partial charge in [-0.2, -0.15) is 0 Å². The number of anilines is 1. The van der Waals surface area contributed by atoms with Gasteiger partial charge < -0.3 is 19.5 Å². The van der Waals surface area contributed by atoms with Gasteiger partial charge in [0.15, 0.2) is 29.3 Å². The molecule has 4 aromatic carbocycles. The highest BCUT2D eigenvalue weighted by Gasteiger charge is 2.51. The van der Waals surface area contributed by atoms with Gasteiger partial charge in [-0.05, 0) is 41.7 Å². The van der Waals surface area contributed by atoms with Gasteiger partial charge in [-0.3, -0.25) is 9.25 Å². The molecule has 8 rings (SSSR count). The van der Waals surface area contributed by atoms with Crippen molar-refractivity contribution in [1.29, 1.82) is 0 Å². The Hall–Kier alpha value is -6.33. The summed E-state index contributed by atoms with van der Waals surface area (Å²) in [7, 11) is -3.66. The Morgan fingerprint density at radius 1 is 0.855 bits per heavy atom. The van der Waals surface area contributed by atoms with Crippen LogP contribution in [0, 0.1) is 5.92 Å². The summed E-state index contributed by atoms with van der Waals surface area (Å²) in [6, 6.07) is 38.7. The van der Waals surface area contributed by atoms with E-state index in [1.165, 1.54) is 0 Å². The van der Waals surface area contributed by atoms with Gasteiger partial charge in [0.2, 0.25) is 10.0 Å². The van der Waals surface area contributed by atoms with E-state index in [2.05, 4.69) is 44.6 Å². The number of aryl methyl sites for hydroxylation is 1. The van der Waals surface area contributed by atoms with Gasteiger partial charge in [0.05, 0.1) is 37.0 Å². The molecule has 0 spiro atoms. The highest BCUT2D eigenvalue weighted by atomic mass is 32.2. The van der Waals surface area contributed by atoms with Crippen molar-refractivity contribution in [2.75, 3.05) is 17.6 Å². The first-order valence-electron chi connectivity index (χ1n) is 20.7. The zero-order chi connectivity index (χ0) is 43.1. The lowest BCUT2D eigenvalue weighted by Gasteiger charge is -2.25. The Bertz CT molecular complexity index is 2630. The lowest BCUT2D eigenvalue weighted by atomic mass is 9.91. The molecule has 0 aliphatic carbocycles. The molecular formula is C46H49N9O6S. The van der Waals surface area contributed by atoms with E-state index in [1.54, 1.807) is 46.0 Å². The molecule has 16 heteroatoms. The number of esters is 1. The monoisotopic (exact) mass is 855 g/mol. The largest absolute Gasteiger partial charge is 0.453 e. The summed E-state index contributed by atoms with van der Waals surface area (Å²) >= 11 is 0. The van der Waals surface area contributed by atoms with Gasteiger partial charge in [0.25, 0.3) is 0 Å². The standard InChI is InChI=1S/C46H49N9O6S/c1-4-54-27-37(52-53-54)40-41(61-46(56)35-23-15-8-16-24-35)42(59-28-32-17-9-5-10-18-32)45(60-40)55-30-48-39-43(50-38(51-44(39)55)26-49-62(57,58)29-31(2)3)47-25-36(33-19-11-6-12-20-33)34-21-13-7-14-22-34/h5-24,27,30-31,36,40-42,45,49H,4,25-26,28-29H2,1-3H3,(H,47,50,51)/t40-,41-,42-,45-/m1/s1. The van der Waals surface area contributed by atoms with Crippen LogP contribution in [0.2, 0.25) is 0 Å². The number of aromatic nitrogens is 7. The molecule has 4 heterocycles. The Labute approximate surface area is 360 Å². The third-order valence-electron chi connectivity index (χ3n) is 10.5. The van der Waals surface area contributed by atoms with Crippen LogP contribution in [0.3, 0.4) is 0 Å². The number of benzene rings is 4. The van der Waals surface area contributed by atoms with Gasteiger partial charge in [-0.15, -0.1) is 5.10 Å². The molecule has 4 atom stereocenters. The van der Waals surface area contributed by atoms with Gasteiger partial charge in [-0.25, -0.2) is 32.9 Å². The Kier molecular flexibility index (Phi) is 13.1. The van der Waals surface area contributed by atoms with E-state index in [9.17, 15) is 13.2 Å². The predicted molar refractivity (Wildman–Crippen MR) is 233 cm³/mol. The van der Waals surface area contributed by atoms with Crippen LogP contribution in [-0.4, -0.2) is 73.4 Å². The average molecular weight is 856 g/mol. The predicted octanol–water partition coefficient (Wildman–Crippen LogP) is 6.84. The maximum Gasteiger partial charge on any atom is 0.338 e. The van der Waals surface area contributed by atoms with E-state index in [0.717, 1.165) is 16.7 Å². The fourth-order valence-electron chi connectivity index (χ4n) is 7.56. The Balaban J connectivity index is 1.21. The Morgan fingerprint density at radius 2 is 1.50 bits per heavy atom. The summed E-state index contributed by atoms with van der Waals surface area (Å²) in [6.45, 7) is 6.61. The number of ether oxygens (including phenoxy) is 3. The second kappa shape index (κ2) is 19.2. The summed E-state index contributed by atoms with van der Waals surface area (Å²) < 4.78 is 52.2. The SMILES string of the molecule is CCn1cc([C@H]2O[C@@H](n3cnc4c(NCC(c5ccccc5)c5ccccc5)nc(CNS(=O)(=O)CC(C)C)nc43)[C@H](OCc3ccccc3)[C@@H]2OC(=O)c2ccccc2)nn1. The number of carbonyl (C=O) groups excluding carboxylic acids is 1. The zero-order valence-corrected chi connectivity index (χ0v) is 35.5. The molecular weight excluding hydrogens is 807 g/mol. The summed E-state index contributed by atoms with van der Waals surface area (Å²) in [5, 5.41) is 12.2. The van der Waals surface area contributed by atoms with Crippen molar-refractivity contribution in [3.63, 3.8) is 0 Å². The van der Waals surface area contributed by atoms with Crippen molar-refractivity contribution < 1.29 is 27.4 Å². The number of sulfonamides is 1. The molecule has 0 unspecified atom stereocenters. The van der Waals surface area contributed by atoms with E-state index >= 15 is 0 Å². The molecule has 62 heavy (non-hydrogen) atoms. The molecule has 1 fully saturated rings. The highest BCUT2D eigenvalue weighted by molar-refractivity contribution is 7.89. The number of imidazole rings is 1. The van der Waals surface area contributed by atoms with E-state index in [0.29, 0.717) is 41.3 Å². The number of hydrogen-bond donors (Lipinski definition) is 2. The lowest BCUT2D eigenvalue weighted by molar-refractivity contribution is -0.0765. The quantitative estimate of drug-likeness (QED) is 0.0861. The first-order valence-corrected chi connectivity index (χ1v) is 22.3. The first kappa shape index (κ1) is 42.4. The third-order valence-corrected chi connectivity index (χ3v) is 12.2. The molecule has 1 saturated heterocycles. The van der Waals surface area contributed by atoms with Crippen molar-refractivity contribution in [2.24, 2.45) is 5.92 Å². The van der Waals surface area contributed by atoms with Gasteiger partial charge in [0.1, 0.15) is 23.7 Å². The third kappa shape index (κ3) is 9.89. The topological polar surface area (TPSA) is 177 Å². The molecule has 0 saturated carbocycles. The van der Waals surface area contributed by atoms with Crippen molar-refractivity contribution in [2.45, 2.75) is 70.9 Å². The first-order chi connectivity index (χ1) is 30.2. The number of hydrogen-bond acceptors (Lipinski definition) is 12. The molecule has 15 nitrogen and oxygen atoms in total. The van der Waals surface area contributed by atoms with E-state index < -0.39 is 40.5 Å². The second-order valence-electron chi connectivity index (χ2n) is 15.5. The lowest BCUT2D eigenvalue weighted by Crippen LogP contribution is -2.36. The molecule has 0 amide bonds. The normalized spacial score (nSPS) is 17.8. The van der Waals surface area contributed by atoms with Crippen LogP contribution < -0.4 is 10.0 Å². The van der Waals surface area contributed by atoms with Gasteiger partial charge in [0, 0.05) is 19.0 Å². The molecule has 7 aromatic rings. The second-order valence-corrected chi connectivity index (χ2v) is 17.4. The van der Waals surface area contributed by atoms with Gasteiger partial charge >= 0.3 is 5.97 Å². The van der Waals surface area contributed by atoms with E-state index in [1.807, 2.05) is 93.6 Å². The van der Waals surface area contributed by atoms with Crippen molar-refractivity contribution in [3.05, 3.63) is 168 Å². The number of nitrogens with one attached hydrogen (secondary N) is 2. The summed E-state index contributed by atoms with van der Waals surface area (Å²) in [5.41, 5.74) is 4.67.